The van der Waals surface area contributed by atoms with E-state index in [9.17, 15) is 18.0 Å². The number of ether oxygens (including phenoxy) is 2. The average Bonchev–Trinajstić information content (AvgIpc) is 3.08. The fraction of sp³-hybridized carbons (Fsp3) is 0.316. The van der Waals surface area contributed by atoms with Gasteiger partial charge in [0.15, 0.2) is 11.5 Å². The topological polar surface area (TPSA) is 105 Å². The number of nitrogens with one attached hydrogen (secondary N) is 1. The molecule has 1 unspecified atom stereocenters. The zero-order valence-corrected chi connectivity index (χ0v) is 29.3. The second kappa shape index (κ2) is 16.3. The zero-order valence-electron chi connectivity index (χ0n) is 28.5. The minimum absolute atomic E-state index is 0.0747. The van der Waals surface area contributed by atoms with Gasteiger partial charge in [0.1, 0.15) is 12.6 Å². The summed E-state index contributed by atoms with van der Waals surface area (Å²) in [6, 6.07) is 27.5. The number of rotatable bonds is 15. The largest absolute Gasteiger partial charge is 0.493 e. The second-order valence-corrected chi connectivity index (χ2v) is 14.1. The molecule has 0 aromatic heterocycles. The third-order valence-electron chi connectivity index (χ3n) is 7.93. The van der Waals surface area contributed by atoms with Crippen LogP contribution in [-0.2, 0) is 32.6 Å². The fourth-order valence-electron chi connectivity index (χ4n) is 5.33. The summed E-state index contributed by atoms with van der Waals surface area (Å²) < 4.78 is 40.6. The molecule has 0 heterocycles. The van der Waals surface area contributed by atoms with Gasteiger partial charge >= 0.3 is 0 Å². The highest BCUT2D eigenvalue weighted by molar-refractivity contribution is 7.92. The van der Waals surface area contributed by atoms with Crippen LogP contribution in [0.2, 0.25) is 0 Å². The Morgan fingerprint density at radius 2 is 1.44 bits per heavy atom. The number of amides is 2. The van der Waals surface area contributed by atoms with E-state index in [1.54, 1.807) is 24.3 Å². The van der Waals surface area contributed by atoms with Crippen molar-refractivity contribution in [2.45, 2.75) is 51.6 Å². The number of methoxy groups -OCH3 is 2. The number of hydrogen-bond acceptors (Lipinski definition) is 6. The number of carbonyl (C=O) groups is 2. The number of carbonyl (C=O) groups excluding carboxylic acids is 2. The summed E-state index contributed by atoms with van der Waals surface area (Å²) in [7, 11) is -1.42. The summed E-state index contributed by atoms with van der Waals surface area (Å²) in [6.07, 6.45) is 0.245. The molecule has 0 saturated heterocycles. The highest BCUT2D eigenvalue weighted by Crippen LogP contribution is 2.32. The van der Waals surface area contributed by atoms with Crippen LogP contribution in [0.15, 0.2) is 102 Å². The van der Waals surface area contributed by atoms with Crippen molar-refractivity contribution in [3.63, 3.8) is 0 Å². The molecule has 1 atom stereocenters. The molecule has 0 aliphatic rings. The molecule has 2 amide bonds. The van der Waals surface area contributed by atoms with Crippen LogP contribution < -0.4 is 19.1 Å². The Bertz CT molecular complexity index is 1790. The van der Waals surface area contributed by atoms with Crippen LogP contribution in [0.1, 0.15) is 36.1 Å². The Hall–Kier alpha value is -4.83. The van der Waals surface area contributed by atoms with E-state index in [-0.39, 0.29) is 35.4 Å². The van der Waals surface area contributed by atoms with Gasteiger partial charge < -0.3 is 19.7 Å². The van der Waals surface area contributed by atoms with Gasteiger partial charge in [-0.2, -0.15) is 0 Å². The first-order valence-electron chi connectivity index (χ1n) is 15.9. The SMILES string of the molecule is COc1ccc(S(=O)(=O)N(CC(=O)N(Cc2cccc(C)c2)C(Cc2ccccc2)C(=O)NCC(C)C)c2ccc(C)cc2)cc1OC. The van der Waals surface area contributed by atoms with E-state index in [0.29, 0.717) is 18.0 Å². The Balaban J connectivity index is 1.82. The highest BCUT2D eigenvalue weighted by atomic mass is 32.2. The van der Waals surface area contributed by atoms with Gasteiger partial charge in [-0.3, -0.25) is 13.9 Å². The molecule has 0 aliphatic carbocycles. The molecule has 0 spiro atoms. The molecule has 0 saturated carbocycles. The summed E-state index contributed by atoms with van der Waals surface area (Å²) in [5, 5.41) is 3.02. The molecule has 4 rings (SSSR count). The van der Waals surface area contributed by atoms with Crippen molar-refractivity contribution in [1.29, 1.82) is 0 Å². The van der Waals surface area contributed by atoms with Crippen LogP contribution in [0, 0.1) is 19.8 Å². The maximum Gasteiger partial charge on any atom is 0.264 e. The van der Waals surface area contributed by atoms with Gasteiger partial charge in [-0.15, -0.1) is 0 Å². The van der Waals surface area contributed by atoms with E-state index in [1.807, 2.05) is 82.3 Å². The molecule has 4 aromatic rings. The highest BCUT2D eigenvalue weighted by Gasteiger charge is 2.35. The molecule has 0 radical (unpaired) electrons. The van der Waals surface area contributed by atoms with Crippen LogP contribution >= 0.6 is 0 Å². The van der Waals surface area contributed by atoms with Gasteiger partial charge in [-0.25, -0.2) is 8.42 Å². The van der Waals surface area contributed by atoms with Crippen molar-refractivity contribution >= 4 is 27.5 Å². The Kier molecular flexibility index (Phi) is 12.2. The third kappa shape index (κ3) is 9.16. The molecule has 48 heavy (non-hydrogen) atoms. The molecular weight excluding hydrogens is 627 g/mol. The monoisotopic (exact) mass is 671 g/mol. The van der Waals surface area contributed by atoms with Crippen molar-refractivity contribution in [2.75, 3.05) is 31.6 Å². The number of anilines is 1. The van der Waals surface area contributed by atoms with Crippen LogP contribution in [-0.4, -0.2) is 58.5 Å². The Morgan fingerprint density at radius 3 is 2.06 bits per heavy atom. The first-order chi connectivity index (χ1) is 22.9. The van der Waals surface area contributed by atoms with Crippen LogP contribution in [0.3, 0.4) is 0 Å². The lowest BCUT2D eigenvalue weighted by molar-refractivity contribution is -0.140. The predicted octanol–water partition coefficient (Wildman–Crippen LogP) is 5.93. The molecule has 10 heteroatoms. The molecule has 254 valence electrons. The number of hydrogen-bond donors (Lipinski definition) is 1. The summed E-state index contributed by atoms with van der Waals surface area (Å²) >= 11 is 0. The minimum atomic E-state index is -4.31. The minimum Gasteiger partial charge on any atom is -0.493 e. The second-order valence-electron chi connectivity index (χ2n) is 12.2. The Morgan fingerprint density at radius 1 is 0.771 bits per heavy atom. The first kappa shape index (κ1) is 36.0. The van der Waals surface area contributed by atoms with E-state index in [0.717, 1.165) is 26.6 Å². The van der Waals surface area contributed by atoms with Crippen molar-refractivity contribution in [1.82, 2.24) is 10.2 Å². The number of benzene rings is 4. The van der Waals surface area contributed by atoms with Crippen LogP contribution in [0.5, 0.6) is 11.5 Å². The van der Waals surface area contributed by atoms with Crippen molar-refractivity contribution in [3.8, 4) is 11.5 Å². The third-order valence-corrected chi connectivity index (χ3v) is 9.70. The summed E-state index contributed by atoms with van der Waals surface area (Å²) in [5.74, 6) is -0.0367. The van der Waals surface area contributed by atoms with E-state index in [4.69, 9.17) is 9.47 Å². The van der Waals surface area contributed by atoms with Gasteiger partial charge in [0.05, 0.1) is 24.8 Å². The van der Waals surface area contributed by atoms with Crippen molar-refractivity contribution in [3.05, 3.63) is 119 Å². The molecule has 0 fully saturated rings. The van der Waals surface area contributed by atoms with Crippen molar-refractivity contribution < 1.29 is 27.5 Å². The Labute approximate surface area is 284 Å². The molecule has 0 aliphatic heterocycles. The first-order valence-corrected chi connectivity index (χ1v) is 17.3. The predicted molar refractivity (Wildman–Crippen MR) is 189 cm³/mol. The zero-order chi connectivity index (χ0) is 34.8. The van der Waals surface area contributed by atoms with Crippen LogP contribution in [0.25, 0.3) is 0 Å². The van der Waals surface area contributed by atoms with Gasteiger partial charge in [0.25, 0.3) is 10.0 Å². The maximum atomic E-state index is 14.7. The number of sulfonamides is 1. The molecule has 9 nitrogen and oxygen atoms in total. The van der Waals surface area contributed by atoms with Gasteiger partial charge in [0, 0.05) is 25.6 Å². The van der Waals surface area contributed by atoms with Gasteiger partial charge in [-0.05, 0) is 55.2 Å². The van der Waals surface area contributed by atoms with E-state index >= 15 is 0 Å². The molecule has 1 N–H and O–H groups in total. The summed E-state index contributed by atoms with van der Waals surface area (Å²) in [6.45, 7) is 7.84. The normalized spacial score (nSPS) is 11.9. The standard InChI is InChI=1S/C38H45N3O6S/c1-27(2)24-39-38(43)34(22-30-12-8-7-9-13-30)40(25-31-14-10-11-29(4)21-31)37(42)26-41(32-17-15-28(3)16-18-32)48(44,45)33-19-20-35(46-5)36(23-33)47-6/h7-21,23,27,34H,22,24-26H2,1-6H3,(H,39,43). The van der Waals surface area contributed by atoms with E-state index < -0.39 is 28.5 Å². The molecule has 0 bridgehead atoms. The molecular formula is C38H45N3O6S. The average molecular weight is 672 g/mol. The van der Waals surface area contributed by atoms with Gasteiger partial charge in [0.2, 0.25) is 11.8 Å². The summed E-state index contributed by atoms with van der Waals surface area (Å²) in [5.41, 5.74) is 3.93. The quantitative estimate of drug-likeness (QED) is 0.168. The fourth-order valence-corrected chi connectivity index (χ4v) is 6.76. The van der Waals surface area contributed by atoms with E-state index in [1.165, 1.54) is 37.3 Å². The van der Waals surface area contributed by atoms with Crippen molar-refractivity contribution in [2.24, 2.45) is 5.92 Å². The molecule has 4 aromatic carbocycles. The van der Waals surface area contributed by atoms with Gasteiger partial charge in [-0.1, -0.05) is 91.7 Å². The van der Waals surface area contributed by atoms with E-state index in [2.05, 4.69) is 5.32 Å². The number of nitrogens with zero attached hydrogens (tertiary/aromatic N) is 2. The lowest BCUT2D eigenvalue weighted by atomic mass is 10.0. The lowest BCUT2D eigenvalue weighted by Gasteiger charge is -2.34. The van der Waals surface area contributed by atoms with Crippen LogP contribution in [0.4, 0.5) is 5.69 Å². The summed E-state index contributed by atoms with van der Waals surface area (Å²) in [4.78, 5) is 30.0. The number of aryl methyl sites for hydroxylation is 2. The maximum absolute atomic E-state index is 14.7. The lowest BCUT2D eigenvalue weighted by Crippen LogP contribution is -2.53. The smallest absolute Gasteiger partial charge is 0.264 e.